The molecule has 2 aromatic carbocycles. The van der Waals surface area contributed by atoms with Gasteiger partial charge in [0.1, 0.15) is 11.6 Å². The van der Waals surface area contributed by atoms with Crippen LogP contribution in [0.3, 0.4) is 0 Å². The minimum atomic E-state index is -0.0881. The molecule has 1 N–H and O–H groups in total. The number of amides is 1. The van der Waals surface area contributed by atoms with Crippen molar-refractivity contribution in [3.8, 4) is 5.75 Å². The van der Waals surface area contributed by atoms with Crippen LogP contribution in [0.1, 0.15) is 28.9 Å². The molecular weight excluding hydrogens is 432 g/mol. The van der Waals surface area contributed by atoms with Gasteiger partial charge in [0, 0.05) is 24.2 Å². The van der Waals surface area contributed by atoms with Gasteiger partial charge in [-0.2, -0.15) is 0 Å². The van der Waals surface area contributed by atoms with Crippen LogP contribution in [-0.2, 0) is 24.7 Å². The van der Waals surface area contributed by atoms with Gasteiger partial charge in [-0.25, -0.2) is 0 Å². The van der Waals surface area contributed by atoms with E-state index in [0.717, 1.165) is 52.8 Å². The monoisotopic (exact) mass is 458 g/mol. The summed E-state index contributed by atoms with van der Waals surface area (Å²) in [5.74, 6) is 2.00. The van der Waals surface area contributed by atoms with Crippen LogP contribution in [0.15, 0.2) is 41.6 Å². The van der Waals surface area contributed by atoms with E-state index in [1.54, 1.807) is 13.2 Å². The molecule has 0 bridgehead atoms. The van der Waals surface area contributed by atoms with E-state index in [1.165, 1.54) is 17.3 Å². The van der Waals surface area contributed by atoms with E-state index >= 15 is 0 Å². The summed E-state index contributed by atoms with van der Waals surface area (Å²) in [7, 11) is 3.63. The Hall–Kier alpha value is -2.51. The van der Waals surface area contributed by atoms with Gasteiger partial charge >= 0.3 is 0 Å². The third-order valence-corrected chi connectivity index (χ3v) is 6.30. The Labute approximate surface area is 192 Å². The molecule has 8 heteroatoms. The molecule has 0 saturated carbocycles. The molecule has 0 fully saturated rings. The van der Waals surface area contributed by atoms with Gasteiger partial charge in [0.05, 0.1) is 12.9 Å². The lowest BCUT2D eigenvalue weighted by Crippen LogP contribution is -2.15. The molecular formula is C23H27ClN4O2S. The number of benzene rings is 2. The molecule has 0 radical (unpaired) electrons. The number of carbonyl (C=O) groups is 1. The fourth-order valence-corrected chi connectivity index (χ4v) is 4.28. The summed E-state index contributed by atoms with van der Waals surface area (Å²) < 4.78 is 7.28. The molecule has 0 aliphatic rings. The second-order valence-corrected chi connectivity index (χ2v) is 8.79. The first-order valence-electron chi connectivity index (χ1n) is 10.1. The Morgan fingerprint density at radius 1 is 1.13 bits per heavy atom. The van der Waals surface area contributed by atoms with E-state index < -0.39 is 0 Å². The Bertz CT molecular complexity index is 1070. The molecule has 3 aromatic rings. The van der Waals surface area contributed by atoms with E-state index in [1.807, 2.05) is 36.7 Å². The topological polar surface area (TPSA) is 69.0 Å². The number of hydrogen-bond acceptors (Lipinski definition) is 5. The summed E-state index contributed by atoms with van der Waals surface area (Å²) >= 11 is 7.34. The normalized spacial score (nSPS) is 10.9. The second-order valence-electron chi connectivity index (χ2n) is 7.41. The molecule has 1 heterocycles. The van der Waals surface area contributed by atoms with Gasteiger partial charge < -0.3 is 14.6 Å². The quantitative estimate of drug-likeness (QED) is 0.457. The highest BCUT2D eigenvalue weighted by Gasteiger charge is 2.12. The summed E-state index contributed by atoms with van der Waals surface area (Å²) in [6.07, 6.45) is 2.76. The lowest BCUT2D eigenvalue weighted by molar-refractivity contribution is -0.113. The fourth-order valence-electron chi connectivity index (χ4n) is 3.32. The number of nitrogens with one attached hydrogen (secondary N) is 1. The number of nitrogens with zero attached hydrogens (tertiary/aromatic N) is 3. The van der Waals surface area contributed by atoms with Crippen molar-refractivity contribution < 1.29 is 9.53 Å². The molecule has 1 aromatic heterocycles. The van der Waals surface area contributed by atoms with Crippen molar-refractivity contribution in [2.75, 3.05) is 18.2 Å². The number of thioether (sulfide) groups is 1. The standard InChI is InChI=1S/C23H27ClN4O2S/c1-15-13-18(24)9-10-19(15)25-22(29)14-31-23-27-26-21(28(23)3)7-5-6-17-8-11-20(30-4)16(2)12-17/h8-13H,5-7,14H2,1-4H3,(H,25,29). The molecule has 1 amide bonds. The van der Waals surface area contributed by atoms with Gasteiger partial charge in [0.15, 0.2) is 5.16 Å². The number of carbonyl (C=O) groups excluding carboxylic acids is 1. The highest BCUT2D eigenvalue weighted by Crippen LogP contribution is 2.22. The molecule has 0 saturated heterocycles. The lowest BCUT2D eigenvalue weighted by atomic mass is 10.0. The first-order valence-corrected chi connectivity index (χ1v) is 11.4. The predicted octanol–water partition coefficient (Wildman–Crippen LogP) is 5.00. The summed E-state index contributed by atoms with van der Waals surface area (Å²) in [6, 6.07) is 11.7. The summed E-state index contributed by atoms with van der Waals surface area (Å²) in [4.78, 5) is 12.3. The molecule has 0 aliphatic carbocycles. The van der Waals surface area contributed by atoms with Crippen LogP contribution >= 0.6 is 23.4 Å². The maximum atomic E-state index is 12.3. The number of aryl methyl sites for hydroxylation is 4. The third kappa shape index (κ3) is 6.24. The number of halogens is 1. The Morgan fingerprint density at radius 2 is 1.94 bits per heavy atom. The van der Waals surface area contributed by atoms with Crippen molar-refractivity contribution in [1.82, 2.24) is 14.8 Å². The summed E-state index contributed by atoms with van der Waals surface area (Å²) in [6.45, 7) is 3.97. The molecule has 164 valence electrons. The minimum absolute atomic E-state index is 0.0881. The Balaban J connectivity index is 1.49. The molecule has 0 aliphatic heterocycles. The van der Waals surface area contributed by atoms with Crippen LogP contribution in [0.4, 0.5) is 5.69 Å². The zero-order chi connectivity index (χ0) is 22.4. The lowest BCUT2D eigenvalue weighted by Gasteiger charge is -2.09. The predicted molar refractivity (Wildman–Crippen MR) is 126 cm³/mol. The van der Waals surface area contributed by atoms with E-state index in [9.17, 15) is 4.79 Å². The Kier molecular flexibility index (Phi) is 7.98. The van der Waals surface area contributed by atoms with Gasteiger partial charge in [-0.05, 0) is 67.6 Å². The largest absolute Gasteiger partial charge is 0.496 e. The molecule has 0 spiro atoms. The first-order chi connectivity index (χ1) is 14.9. The average Bonchev–Trinajstić information content (AvgIpc) is 3.08. The molecule has 0 atom stereocenters. The molecule has 0 unspecified atom stereocenters. The van der Waals surface area contributed by atoms with Gasteiger partial charge in [0.2, 0.25) is 5.91 Å². The summed E-state index contributed by atoms with van der Waals surface area (Å²) in [5.41, 5.74) is 4.12. The van der Waals surface area contributed by atoms with Gasteiger partial charge in [-0.1, -0.05) is 35.5 Å². The van der Waals surface area contributed by atoms with Crippen molar-refractivity contribution in [3.63, 3.8) is 0 Å². The van der Waals surface area contributed by atoms with E-state index in [2.05, 4.69) is 34.6 Å². The zero-order valence-electron chi connectivity index (χ0n) is 18.2. The third-order valence-electron chi connectivity index (χ3n) is 5.05. The number of hydrogen-bond donors (Lipinski definition) is 1. The number of rotatable bonds is 9. The summed E-state index contributed by atoms with van der Waals surface area (Å²) in [5, 5.41) is 12.9. The highest BCUT2D eigenvalue weighted by molar-refractivity contribution is 7.99. The maximum Gasteiger partial charge on any atom is 0.234 e. The SMILES string of the molecule is COc1ccc(CCCc2nnc(SCC(=O)Nc3ccc(Cl)cc3C)n2C)cc1C. The molecule has 3 rings (SSSR count). The van der Waals surface area contributed by atoms with Crippen molar-refractivity contribution in [3.05, 3.63) is 63.9 Å². The maximum absolute atomic E-state index is 12.3. The number of anilines is 1. The van der Waals surface area contributed by atoms with E-state index in [0.29, 0.717) is 5.02 Å². The van der Waals surface area contributed by atoms with Gasteiger partial charge in [-0.3, -0.25) is 4.79 Å². The highest BCUT2D eigenvalue weighted by atomic mass is 35.5. The Morgan fingerprint density at radius 3 is 2.65 bits per heavy atom. The van der Waals surface area contributed by atoms with Crippen molar-refractivity contribution >= 4 is 35.0 Å². The van der Waals surface area contributed by atoms with Crippen LogP contribution in [0.25, 0.3) is 0 Å². The van der Waals surface area contributed by atoms with Crippen LogP contribution in [0, 0.1) is 13.8 Å². The van der Waals surface area contributed by atoms with Crippen molar-refractivity contribution in [1.29, 1.82) is 0 Å². The molecule has 31 heavy (non-hydrogen) atoms. The number of ether oxygens (including phenoxy) is 1. The molecule has 6 nitrogen and oxygen atoms in total. The van der Waals surface area contributed by atoms with Gasteiger partial charge in [0.25, 0.3) is 0 Å². The fraction of sp³-hybridized carbons (Fsp3) is 0.348. The minimum Gasteiger partial charge on any atom is -0.496 e. The zero-order valence-corrected chi connectivity index (χ0v) is 19.8. The average molecular weight is 459 g/mol. The number of aromatic nitrogens is 3. The van der Waals surface area contributed by atoms with E-state index in [4.69, 9.17) is 16.3 Å². The van der Waals surface area contributed by atoms with Crippen LogP contribution in [0.5, 0.6) is 5.75 Å². The number of methoxy groups -OCH3 is 1. The van der Waals surface area contributed by atoms with Crippen LogP contribution < -0.4 is 10.1 Å². The second kappa shape index (κ2) is 10.7. The van der Waals surface area contributed by atoms with E-state index in [-0.39, 0.29) is 11.7 Å². The smallest absolute Gasteiger partial charge is 0.234 e. The van der Waals surface area contributed by atoms with Crippen molar-refractivity contribution in [2.45, 2.75) is 38.3 Å². The van der Waals surface area contributed by atoms with Crippen molar-refractivity contribution in [2.24, 2.45) is 7.05 Å². The van der Waals surface area contributed by atoms with Crippen LogP contribution in [0.2, 0.25) is 5.02 Å². The van der Waals surface area contributed by atoms with Gasteiger partial charge in [-0.15, -0.1) is 10.2 Å². The first kappa shape index (κ1) is 23.2. The van der Waals surface area contributed by atoms with Crippen LogP contribution in [-0.4, -0.2) is 33.5 Å².